The van der Waals surface area contributed by atoms with Crippen molar-refractivity contribution in [1.29, 1.82) is 0 Å². The number of hydrogen-bond acceptors (Lipinski definition) is 8. The van der Waals surface area contributed by atoms with Gasteiger partial charge in [-0.3, -0.25) is 19.2 Å². The van der Waals surface area contributed by atoms with E-state index in [1.54, 1.807) is 18.2 Å². The van der Waals surface area contributed by atoms with Gasteiger partial charge in [-0.15, -0.1) is 0 Å². The van der Waals surface area contributed by atoms with Crippen LogP contribution in [-0.2, 0) is 19.2 Å². The Hall–Kier alpha value is -4.19. The molecule has 0 heterocycles. The summed E-state index contributed by atoms with van der Waals surface area (Å²) in [6.07, 6.45) is 9.78. The van der Waals surface area contributed by atoms with Crippen LogP contribution < -0.4 is 11.5 Å². The number of fused-ring (bicyclic) bond motifs is 3. The third-order valence-electron chi connectivity index (χ3n) is 16.0. The van der Waals surface area contributed by atoms with Crippen molar-refractivity contribution in [2.24, 2.45) is 73.1 Å². The van der Waals surface area contributed by atoms with E-state index in [2.05, 4.69) is 4.99 Å². The lowest BCUT2D eigenvalue weighted by atomic mass is 9.35. The first-order valence-electron chi connectivity index (χ1n) is 19.4. The molecule has 11 heteroatoms. The number of aliphatic imine (C=N–C) groups is 1. The zero-order valence-corrected chi connectivity index (χ0v) is 32.7. The number of Topliss-reactive ketones (excluding diaryl/α,β-unsaturated/α-hetero) is 3. The molecule has 13 atom stereocenters. The summed E-state index contributed by atoms with van der Waals surface area (Å²) in [5.74, 6) is -7.04. The van der Waals surface area contributed by atoms with Gasteiger partial charge in [0.25, 0.3) is 0 Å². The van der Waals surface area contributed by atoms with Gasteiger partial charge >= 0.3 is 5.97 Å². The Labute approximate surface area is 322 Å². The molecule has 6 aliphatic rings. The van der Waals surface area contributed by atoms with E-state index in [1.807, 2.05) is 90.1 Å². The van der Waals surface area contributed by atoms with Gasteiger partial charge in [-0.25, -0.2) is 4.99 Å². The van der Waals surface area contributed by atoms with E-state index < -0.39 is 91.8 Å². The monoisotopic (exact) mass is 753 g/mol. The van der Waals surface area contributed by atoms with Crippen molar-refractivity contribution in [2.75, 3.05) is 0 Å². The van der Waals surface area contributed by atoms with Crippen molar-refractivity contribution < 1.29 is 39.6 Å². The van der Waals surface area contributed by atoms with Gasteiger partial charge in [0.05, 0.1) is 11.6 Å². The van der Waals surface area contributed by atoms with Gasteiger partial charge in [0.2, 0.25) is 0 Å². The van der Waals surface area contributed by atoms with Crippen molar-refractivity contribution in [3.05, 3.63) is 77.4 Å². The predicted octanol–water partition coefficient (Wildman–Crippen LogP) is 4.16. The fraction of sp³-hybridized carbons (Fsp3) is 0.568. The number of carboxylic acid groups (broad SMARTS) is 1. The summed E-state index contributed by atoms with van der Waals surface area (Å²) in [5.41, 5.74) is 4.89. The zero-order valence-electron chi connectivity index (χ0n) is 32.7. The largest absolute Gasteiger partial charge is 0.481 e. The molecule has 0 aromatic heterocycles. The Morgan fingerprint density at radius 1 is 1.00 bits per heavy atom. The van der Waals surface area contributed by atoms with Crippen molar-refractivity contribution in [2.45, 2.75) is 97.5 Å². The third kappa shape index (κ3) is 4.81. The molecule has 7 rings (SSSR count). The number of aliphatic hydroxyl groups is 3. The van der Waals surface area contributed by atoms with E-state index in [0.717, 1.165) is 5.56 Å². The maximum absolute atomic E-state index is 15.3. The lowest BCUT2D eigenvalue weighted by Gasteiger charge is -2.68. The molecule has 0 bridgehead atoms. The van der Waals surface area contributed by atoms with Crippen LogP contribution in [0, 0.1) is 56.7 Å². The third-order valence-corrected chi connectivity index (χ3v) is 16.0. The summed E-state index contributed by atoms with van der Waals surface area (Å²) in [7, 11) is 0. The summed E-state index contributed by atoms with van der Waals surface area (Å²) < 4.78 is 0. The molecule has 0 aliphatic heterocycles. The summed E-state index contributed by atoms with van der Waals surface area (Å²) >= 11 is 0. The van der Waals surface area contributed by atoms with Crippen LogP contribution in [0.5, 0.6) is 0 Å². The van der Waals surface area contributed by atoms with Gasteiger partial charge in [0.15, 0.2) is 17.5 Å². The average molecular weight is 754 g/mol. The van der Waals surface area contributed by atoms with Crippen LogP contribution >= 0.6 is 0 Å². The normalized spacial score (nSPS) is 43.6. The Kier molecular flexibility index (Phi) is 8.63. The number of carboxylic acids is 1. The number of guanidine groups is 1. The van der Waals surface area contributed by atoms with Crippen LogP contribution in [0.3, 0.4) is 0 Å². The molecule has 55 heavy (non-hydrogen) atoms. The number of carbonyl (C=O) groups excluding carboxylic acids is 3. The summed E-state index contributed by atoms with van der Waals surface area (Å²) in [4.78, 5) is 58.9. The first-order chi connectivity index (χ1) is 25.5. The highest BCUT2D eigenvalue weighted by atomic mass is 16.4. The molecular weight excluding hydrogens is 698 g/mol. The van der Waals surface area contributed by atoms with Crippen molar-refractivity contribution in [3.63, 3.8) is 0 Å². The molecule has 1 aromatic carbocycles. The maximum atomic E-state index is 15.3. The van der Waals surface area contributed by atoms with Crippen LogP contribution in [0.15, 0.2) is 76.9 Å². The SMILES string of the molecule is C[C@@H](C(=O)O)C(=O)[C@@H](O)[C@@H]1[C@@H](N=C(N)N)C=C[C@]2(C[C@]3(O)C=C[C@@]4(O)C5=C(C(=O)C[C@@]2(C)[C@]53C)[C@@]2(C)CCC(=O)C(C)(C)[C@@H]2[C@@H]4C=Cc2ccccc2)[C@H]1C. The molecule has 6 aliphatic carbocycles. The predicted molar refractivity (Wildman–Crippen MR) is 207 cm³/mol. The topological polar surface area (TPSA) is 214 Å². The molecule has 0 radical (unpaired) electrons. The highest BCUT2D eigenvalue weighted by molar-refractivity contribution is 6.02. The minimum absolute atomic E-state index is 0.0281. The number of nitrogens with zero attached hydrogens (tertiary/aromatic N) is 1. The lowest BCUT2D eigenvalue weighted by Crippen LogP contribution is -2.70. The molecule has 2 fully saturated rings. The van der Waals surface area contributed by atoms with Gasteiger partial charge in [0.1, 0.15) is 23.4 Å². The standard InChI is InChI=1S/C44H55N3O8/c1-23(36(52)53)32(50)33(51)30-24(2)42(18-15-27(30)47-37(45)46)22-43(54)19-20-44(55)26(14-13-25-11-9-8-10-12-25)34-38(3,4)29(49)16-17-39(34,5)31-28(48)21-40(42,6)41(43,7)35(31)44/h8-15,18-20,23-24,26-27,30,33-34,51,54-55H,16-17,21-22H2,1-7H3,(H,52,53)(H4,45,46,47)/t23-,24+,26+,27+,30+,33+,34+,39-,40+,41+,42+,43-,44+/m1/s1. The molecule has 0 saturated heterocycles. The second-order valence-corrected chi connectivity index (χ2v) is 18.6. The van der Waals surface area contributed by atoms with E-state index in [4.69, 9.17) is 11.5 Å². The van der Waals surface area contributed by atoms with Gasteiger partial charge in [-0.05, 0) is 54.2 Å². The summed E-state index contributed by atoms with van der Waals surface area (Å²) in [5, 5.41) is 48.2. The molecule has 8 N–H and O–H groups in total. The smallest absolute Gasteiger partial charge is 0.313 e. The molecule has 0 unspecified atom stereocenters. The van der Waals surface area contributed by atoms with Gasteiger partial charge in [0, 0.05) is 51.9 Å². The second-order valence-electron chi connectivity index (χ2n) is 18.6. The Balaban J connectivity index is 1.48. The minimum Gasteiger partial charge on any atom is -0.481 e. The van der Waals surface area contributed by atoms with E-state index in [0.29, 0.717) is 17.6 Å². The number of aliphatic carboxylic acids is 1. The maximum Gasteiger partial charge on any atom is 0.313 e. The van der Waals surface area contributed by atoms with E-state index in [1.165, 1.54) is 6.92 Å². The first kappa shape index (κ1) is 39.1. The number of carbonyl (C=O) groups is 4. The lowest BCUT2D eigenvalue weighted by molar-refractivity contribution is -0.165. The van der Waals surface area contributed by atoms with Gasteiger partial charge < -0.3 is 31.9 Å². The van der Waals surface area contributed by atoms with E-state index in [9.17, 15) is 34.8 Å². The highest BCUT2D eigenvalue weighted by Gasteiger charge is 2.82. The molecule has 294 valence electrons. The molecule has 1 aromatic rings. The van der Waals surface area contributed by atoms with Crippen LogP contribution in [-0.4, -0.2) is 73.1 Å². The quantitative estimate of drug-likeness (QED) is 0.101. The molecular formula is C44H55N3O8. The van der Waals surface area contributed by atoms with Crippen molar-refractivity contribution in [3.8, 4) is 0 Å². The Bertz CT molecular complexity index is 2030. The summed E-state index contributed by atoms with van der Waals surface area (Å²) in [6.45, 7) is 12.8. The number of rotatable bonds is 7. The van der Waals surface area contributed by atoms with Crippen LogP contribution in [0.25, 0.3) is 6.08 Å². The van der Waals surface area contributed by atoms with Crippen molar-refractivity contribution >= 4 is 35.4 Å². The summed E-state index contributed by atoms with van der Waals surface area (Å²) in [6, 6.07) is 8.78. The Morgan fingerprint density at radius 2 is 1.65 bits per heavy atom. The minimum atomic E-state index is -1.80. The van der Waals surface area contributed by atoms with Crippen LogP contribution in [0.4, 0.5) is 0 Å². The van der Waals surface area contributed by atoms with E-state index in [-0.39, 0.29) is 36.8 Å². The number of allylic oxidation sites excluding steroid dienone is 2. The van der Waals surface area contributed by atoms with Crippen LogP contribution in [0.2, 0.25) is 0 Å². The molecule has 0 amide bonds. The first-order valence-corrected chi connectivity index (χ1v) is 19.4. The fourth-order valence-corrected chi connectivity index (χ4v) is 13.1. The molecule has 1 spiro atoms. The van der Waals surface area contributed by atoms with Gasteiger partial charge in [-0.2, -0.15) is 0 Å². The van der Waals surface area contributed by atoms with Crippen LogP contribution in [0.1, 0.15) is 79.7 Å². The number of hydrogen-bond donors (Lipinski definition) is 6. The number of aliphatic hydroxyl groups excluding tert-OH is 1. The Morgan fingerprint density at radius 3 is 2.27 bits per heavy atom. The highest BCUT2D eigenvalue weighted by Crippen LogP contribution is 2.82. The molecule has 2 saturated carbocycles. The number of nitrogens with two attached hydrogens (primary N) is 2. The fourth-order valence-electron chi connectivity index (χ4n) is 13.1. The zero-order chi connectivity index (χ0) is 40.5. The number of ketones is 3. The number of benzene rings is 1. The molecule has 11 nitrogen and oxygen atoms in total. The van der Waals surface area contributed by atoms with Crippen molar-refractivity contribution in [1.82, 2.24) is 0 Å². The van der Waals surface area contributed by atoms with E-state index >= 15 is 4.79 Å². The average Bonchev–Trinajstić information content (AvgIpc) is 3.26. The van der Waals surface area contributed by atoms with Gasteiger partial charge in [-0.1, -0.05) is 102 Å². The second kappa shape index (κ2) is 12.2.